The third kappa shape index (κ3) is 4.84. The van der Waals surface area contributed by atoms with Gasteiger partial charge in [-0.2, -0.15) is 10.1 Å². The van der Waals surface area contributed by atoms with Crippen LogP contribution in [0.4, 0.5) is 4.39 Å². The molecule has 34 heavy (non-hydrogen) atoms. The molecule has 0 saturated heterocycles. The van der Waals surface area contributed by atoms with Crippen LogP contribution in [0, 0.1) is 5.82 Å². The molecule has 0 aromatic heterocycles. The Morgan fingerprint density at radius 2 is 1.88 bits per heavy atom. The fourth-order valence-electron chi connectivity index (χ4n) is 3.44. The average Bonchev–Trinajstić information content (AvgIpc) is 3.11. The Bertz CT molecular complexity index is 1320. The molecule has 0 atom stereocenters. The van der Waals surface area contributed by atoms with E-state index in [-0.39, 0.29) is 23.0 Å². The highest BCUT2D eigenvalue weighted by Crippen LogP contribution is 2.38. The summed E-state index contributed by atoms with van der Waals surface area (Å²) in [5.74, 6) is -0.773. The molecule has 6 nitrogen and oxygen atoms in total. The number of carbonyl (C=O) groups is 2. The van der Waals surface area contributed by atoms with Gasteiger partial charge in [-0.25, -0.2) is 4.39 Å². The Kier molecular flexibility index (Phi) is 6.75. The zero-order valence-electron chi connectivity index (χ0n) is 18.4. The first-order valence-corrected chi connectivity index (χ1v) is 10.7. The van der Waals surface area contributed by atoms with E-state index in [9.17, 15) is 14.0 Å². The molecule has 0 radical (unpaired) electrons. The third-order valence-corrected chi connectivity index (χ3v) is 5.39. The molecule has 2 amide bonds. The van der Waals surface area contributed by atoms with E-state index in [1.54, 1.807) is 67.6 Å². The van der Waals surface area contributed by atoms with Gasteiger partial charge in [0.25, 0.3) is 11.8 Å². The molecule has 8 heteroatoms. The third-order valence-electron chi connectivity index (χ3n) is 5.11. The quantitative estimate of drug-likeness (QED) is 0.346. The monoisotopic (exact) mass is 478 g/mol. The van der Waals surface area contributed by atoms with Gasteiger partial charge in [0.05, 0.1) is 23.4 Å². The van der Waals surface area contributed by atoms with Gasteiger partial charge < -0.3 is 9.47 Å². The lowest BCUT2D eigenvalue weighted by Crippen LogP contribution is -2.29. The summed E-state index contributed by atoms with van der Waals surface area (Å²) in [5.41, 5.74) is 2.22. The van der Waals surface area contributed by atoms with Crippen molar-refractivity contribution in [3.8, 4) is 11.5 Å². The Morgan fingerprint density at radius 1 is 1.12 bits per heavy atom. The number of nitrogens with zero attached hydrogens (tertiary/aromatic N) is 2. The van der Waals surface area contributed by atoms with Crippen LogP contribution in [-0.2, 0) is 11.4 Å². The van der Waals surface area contributed by atoms with E-state index in [1.165, 1.54) is 19.2 Å². The molecule has 3 aromatic rings. The number of hydrogen-bond acceptors (Lipinski definition) is 5. The zero-order chi connectivity index (χ0) is 24.2. The van der Waals surface area contributed by atoms with E-state index >= 15 is 0 Å². The van der Waals surface area contributed by atoms with Crippen LogP contribution < -0.4 is 9.47 Å². The summed E-state index contributed by atoms with van der Waals surface area (Å²) in [6.07, 6.45) is 1.59. The van der Waals surface area contributed by atoms with Crippen LogP contribution in [0.2, 0.25) is 5.02 Å². The second kappa shape index (κ2) is 9.89. The number of amides is 2. The van der Waals surface area contributed by atoms with Crippen LogP contribution in [0.3, 0.4) is 0 Å². The van der Waals surface area contributed by atoms with Crippen LogP contribution in [0.1, 0.15) is 28.4 Å². The molecule has 3 aromatic carbocycles. The maximum atomic E-state index is 13.4. The highest BCUT2D eigenvalue weighted by molar-refractivity contribution is 6.33. The summed E-state index contributed by atoms with van der Waals surface area (Å²) < 4.78 is 24.6. The molecule has 1 aliphatic heterocycles. The molecule has 172 valence electrons. The predicted molar refractivity (Wildman–Crippen MR) is 127 cm³/mol. The minimum atomic E-state index is -0.534. The van der Waals surface area contributed by atoms with Crippen molar-refractivity contribution in [2.24, 2.45) is 5.10 Å². The van der Waals surface area contributed by atoms with Crippen molar-refractivity contribution in [3.05, 3.63) is 99.8 Å². The number of methoxy groups -OCH3 is 1. The average molecular weight is 479 g/mol. The van der Waals surface area contributed by atoms with E-state index in [2.05, 4.69) is 5.10 Å². The van der Waals surface area contributed by atoms with Crippen LogP contribution in [0.25, 0.3) is 6.08 Å². The van der Waals surface area contributed by atoms with E-state index in [0.717, 1.165) is 5.01 Å². The van der Waals surface area contributed by atoms with E-state index in [0.29, 0.717) is 33.9 Å². The van der Waals surface area contributed by atoms with Crippen molar-refractivity contribution < 1.29 is 23.5 Å². The van der Waals surface area contributed by atoms with Crippen molar-refractivity contribution in [1.82, 2.24) is 5.01 Å². The molecular formula is C26H20ClFN2O4. The second-order valence-electron chi connectivity index (χ2n) is 7.48. The fourth-order valence-corrected chi connectivity index (χ4v) is 3.71. The largest absolute Gasteiger partial charge is 0.493 e. The van der Waals surface area contributed by atoms with Crippen molar-refractivity contribution >= 4 is 35.2 Å². The van der Waals surface area contributed by atoms with Gasteiger partial charge in [0.1, 0.15) is 12.4 Å². The molecule has 0 saturated carbocycles. The summed E-state index contributed by atoms with van der Waals surface area (Å²) in [6, 6.07) is 17.8. The Morgan fingerprint density at radius 3 is 2.59 bits per heavy atom. The first-order chi connectivity index (χ1) is 16.4. The standard InChI is InChI=1S/C26H20ClFN2O4/c1-16-21(26(32)30(29-16)25(31)19-8-4-3-5-9-19)12-18-13-22(27)24(23(14-18)33-2)34-15-17-7-6-10-20(28)11-17/h3-14H,15H2,1-2H3/b21-12+. The summed E-state index contributed by atoms with van der Waals surface area (Å²) in [4.78, 5) is 25.6. The highest BCUT2D eigenvalue weighted by atomic mass is 35.5. The fraction of sp³-hybridized carbons (Fsp3) is 0.115. The Balaban J connectivity index is 1.58. The number of benzene rings is 3. The Labute approximate surface area is 200 Å². The van der Waals surface area contributed by atoms with Crippen LogP contribution >= 0.6 is 11.6 Å². The van der Waals surface area contributed by atoms with Gasteiger partial charge in [-0.1, -0.05) is 41.9 Å². The van der Waals surface area contributed by atoms with E-state index in [4.69, 9.17) is 21.1 Å². The highest BCUT2D eigenvalue weighted by Gasteiger charge is 2.33. The first-order valence-electron chi connectivity index (χ1n) is 10.3. The molecule has 0 fully saturated rings. The van der Waals surface area contributed by atoms with Gasteiger partial charge in [-0.3, -0.25) is 9.59 Å². The van der Waals surface area contributed by atoms with Gasteiger partial charge in [-0.15, -0.1) is 0 Å². The Hall–Kier alpha value is -3.97. The molecule has 0 aliphatic carbocycles. The smallest absolute Gasteiger partial charge is 0.283 e. The number of carbonyl (C=O) groups excluding carboxylic acids is 2. The molecular weight excluding hydrogens is 459 g/mol. The zero-order valence-corrected chi connectivity index (χ0v) is 19.2. The van der Waals surface area contributed by atoms with Gasteiger partial charge in [0, 0.05) is 5.56 Å². The van der Waals surface area contributed by atoms with Crippen molar-refractivity contribution in [2.45, 2.75) is 13.5 Å². The molecule has 1 heterocycles. The lowest BCUT2D eigenvalue weighted by molar-refractivity contribution is -0.123. The maximum Gasteiger partial charge on any atom is 0.283 e. The van der Waals surface area contributed by atoms with Crippen LogP contribution in [-0.4, -0.2) is 29.6 Å². The normalized spacial score (nSPS) is 14.4. The lowest BCUT2D eigenvalue weighted by atomic mass is 10.1. The van der Waals surface area contributed by atoms with Gasteiger partial charge in [0.2, 0.25) is 0 Å². The number of ether oxygens (including phenoxy) is 2. The topological polar surface area (TPSA) is 68.2 Å². The molecule has 1 aliphatic rings. The SMILES string of the molecule is COc1cc(/C=C2/C(=O)N(C(=O)c3ccccc3)N=C2C)cc(Cl)c1OCc1cccc(F)c1. The lowest BCUT2D eigenvalue weighted by Gasteiger charge is -2.14. The summed E-state index contributed by atoms with van der Waals surface area (Å²) in [6.45, 7) is 1.74. The number of halogens is 2. The van der Waals surface area contributed by atoms with Crippen LogP contribution in [0.15, 0.2) is 77.4 Å². The predicted octanol–water partition coefficient (Wildman–Crippen LogP) is 5.51. The maximum absolute atomic E-state index is 13.4. The van der Waals surface area contributed by atoms with Gasteiger partial charge in [0.15, 0.2) is 11.5 Å². The summed E-state index contributed by atoms with van der Waals surface area (Å²) in [5, 5.41) is 5.24. The minimum absolute atomic E-state index is 0.0923. The van der Waals surface area contributed by atoms with Crippen molar-refractivity contribution in [2.75, 3.05) is 7.11 Å². The molecule has 0 N–H and O–H groups in total. The molecule has 4 rings (SSSR count). The summed E-state index contributed by atoms with van der Waals surface area (Å²) >= 11 is 6.44. The number of hydrazone groups is 1. The van der Waals surface area contributed by atoms with E-state index in [1.807, 2.05) is 0 Å². The minimum Gasteiger partial charge on any atom is -0.493 e. The summed E-state index contributed by atoms with van der Waals surface area (Å²) in [7, 11) is 1.46. The number of rotatable bonds is 6. The second-order valence-corrected chi connectivity index (χ2v) is 7.89. The van der Waals surface area contributed by atoms with E-state index < -0.39 is 11.8 Å². The number of imide groups is 1. The van der Waals surface area contributed by atoms with Crippen LogP contribution in [0.5, 0.6) is 11.5 Å². The van der Waals surface area contributed by atoms with Gasteiger partial charge >= 0.3 is 0 Å². The number of hydrogen-bond donors (Lipinski definition) is 0. The first kappa shape index (κ1) is 23.2. The molecule has 0 unspecified atom stereocenters. The van der Waals surface area contributed by atoms with Crippen molar-refractivity contribution in [1.29, 1.82) is 0 Å². The van der Waals surface area contributed by atoms with Gasteiger partial charge in [-0.05, 0) is 60.5 Å². The molecule has 0 bridgehead atoms. The van der Waals surface area contributed by atoms with Crippen molar-refractivity contribution in [3.63, 3.8) is 0 Å². The molecule has 0 spiro atoms.